The molecule has 0 aliphatic carbocycles. The van der Waals surface area contributed by atoms with E-state index in [-0.39, 0.29) is 11.5 Å². The van der Waals surface area contributed by atoms with E-state index in [0.717, 1.165) is 12.0 Å². The predicted molar refractivity (Wildman–Crippen MR) is 105 cm³/mol. The molecule has 0 unspecified atom stereocenters. The van der Waals surface area contributed by atoms with Gasteiger partial charge in [-0.1, -0.05) is 35.9 Å². The Morgan fingerprint density at radius 3 is 2.17 bits per heavy atom. The molecular weight excluding hydrogens is 429 g/mol. The summed E-state index contributed by atoms with van der Waals surface area (Å²) in [6.07, 6.45) is -4.75. The average molecular weight is 443 g/mol. The van der Waals surface area contributed by atoms with Gasteiger partial charge in [0.2, 0.25) is 5.82 Å². The number of hydrogen-bond acceptors (Lipinski definition) is 7. The Kier molecular flexibility index (Phi) is 6.60. The van der Waals surface area contributed by atoms with Crippen LogP contribution < -0.4 is 11.3 Å². The molecule has 3 N–H and O–H groups in total. The average Bonchev–Trinajstić information content (AvgIpc) is 2.71. The summed E-state index contributed by atoms with van der Waals surface area (Å²) in [5.74, 6) is 4.02. The number of aromatic nitrogens is 2. The maximum Gasteiger partial charge on any atom is 0.451 e. The first kappa shape index (κ1) is 21.3. The molecule has 1 heterocycles. The molecule has 0 aliphatic rings. The summed E-state index contributed by atoms with van der Waals surface area (Å²) in [5.41, 5.74) is 3.60. The van der Waals surface area contributed by atoms with Crippen LogP contribution in [0.1, 0.15) is 5.82 Å². The highest BCUT2D eigenvalue weighted by Crippen LogP contribution is 2.39. The number of nitrogen functional groups attached to an aromatic ring is 1. The van der Waals surface area contributed by atoms with E-state index < -0.39 is 12.0 Å². The van der Waals surface area contributed by atoms with Crippen LogP contribution in [0.25, 0.3) is 22.4 Å². The highest BCUT2D eigenvalue weighted by Gasteiger charge is 2.36. The minimum atomic E-state index is -4.75. The van der Waals surface area contributed by atoms with E-state index in [1.165, 1.54) is 7.11 Å². The van der Waals surface area contributed by atoms with Crippen molar-refractivity contribution in [2.75, 3.05) is 12.5 Å². The molecule has 0 atom stereocenters. The highest BCUT2D eigenvalue weighted by molar-refractivity contribution is 7.94. The lowest BCUT2D eigenvalue weighted by Gasteiger charge is -2.17. The molecule has 2 aromatic carbocycles. The molecule has 0 saturated carbocycles. The Balaban J connectivity index is 2.20. The van der Waals surface area contributed by atoms with Gasteiger partial charge >= 0.3 is 6.18 Å². The fourth-order valence-electron chi connectivity index (χ4n) is 2.53. The Bertz CT molecular complexity index is 986. The van der Waals surface area contributed by atoms with Crippen molar-refractivity contribution in [3.63, 3.8) is 0 Å². The van der Waals surface area contributed by atoms with E-state index in [0.29, 0.717) is 26.6 Å². The molecule has 152 valence electrons. The molecule has 0 aliphatic heterocycles. The SMILES string of the molecule is COOSc1ccc(-c2nc(C(F)(F)F)nc(NN)c2-c2ccc(Cl)cc2)cc1. The van der Waals surface area contributed by atoms with Crippen LogP contribution in [0, 0.1) is 0 Å². The summed E-state index contributed by atoms with van der Waals surface area (Å²) < 4.78 is 44.8. The largest absolute Gasteiger partial charge is 0.451 e. The maximum atomic E-state index is 13.3. The minimum Gasteiger partial charge on any atom is -0.308 e. The van der Waals surface area contributed by atoms with Crippen LogP contribution in [-0.2, 0) is 15.4 Å². The van der Waals surface area contributed by atoms with Crippen molar-refractivity contribution in [2.24, 2.45) is 5.84 Å². The zero-order valence-electron chi connectivity index (χ0n) is 14.8. The zero-order valence-corrected chi connectivity index (χ0v) is 16.4. The van der Waals surface area contributed by atoms with Crippen molar-refractivity contribution in [3.8, 4) is 22.4 Å². The molecule has 1 aromatic heterocycles. The van der Waals surface area contributed by atoms with Crippen molar-refractivity contribution in [2.45, 2.75) is 11.1 Å². The van der Waals surface area contributed by atoms with Gasteiger partial charge in [0, 0.05) is 15.5 Å². The molecule has 3 aromatic rings. The maximum absolute atomic E-state index is 13.3. The smallest absolute Gasteiger partial charge is 0.308 e. The van der Waals surface area contributed by atoms with Gasteiger partial charge in [-0.25, -0.2) is 20.7 Å². The van der Waals surface area contributed by atoms with Crippen molar-refractivity contribution in [1.82, 2.24) is 9.97 Å². The molecule has 0 spiro atoms. The second-order valence-corrected chi connectivity index (χ2v) is 6.82. The first-order chi connectivity index (χ1) is 13.8. The Morgan fingerprint density at radius 2 is 1.62 bits per heavy atom. The fraction of sp³-hybridized carbons (Fsp3) is 0.111. The molecule has 6 nitrogen and oxygen atoms in total. The van der Waals surface area contributed by atoms with E-state index in [1.807, 2.05) is 0 Å². The summed E-state index contributed by atoms with van der Waals surface area (Å²) in [6.45, 7) is 0. The van der Waals surface area contributed by atoms with E-state index in [9.17, 15) is 13.2 Å². The van der Waals surface area contributed by atoms with E-state index >= 15 is 0 Å². The second-order valence-electron chi connectivity index (χ2n) is 5.61. The molecule has 0 saturated heterocycles. The van der Waals surface area contributed by atoms with Crippen LogP contribution in [-0.4, -0.2) is 17.1 Å². The van der Waals surface area contributed by atoms with Gasteiger partial charge in [-0.15, -0.1) is 0 Å². The molecule has 0 fully saturated rings. The normalized spacial score (nSPS) is 11.5. The predicted octanol–water partition coefficient (Wildman–Crippen LogP) is 5.35. The molecule has 3 rings (SSSR count). The number of rotatable bonds is 6. The third-order valence-corrected chi connectivity index (χ3v) is 4.68. The molecular formula is C18H14ClF3N4O2S. The number of nitrogens with one attached hydrogen (secondary N) is 1. The van der Waals surface area contributed by atoms with Gasteiger partial charge in [0.25, 0.3) is 0 Å². The lowest BCUT2D eigenvalue weighted by Crippen LogP contribution is -2.17. The first-order valence-electron chi connectivity index (χ1n) is 8.03. The Morgan fingerprint density at radius 1 is 1.00 bits per heavy atom. The number of alkyl halides is 3. The van der Waals surface area contributed by atoms with Gasteiger partial charge in [-0.05, 0) is 29.8 Å². The first-order valence-corrected chi connectivity index (χ1v) is 9.15. The van der Waals surface area contributed by atoms with Gasteiger partial charge in [0.15, 0.2) is 5.82 Å². The molecule has 0 bridgehead atoms. The van der Waals surface area contributed by atoms with Crippen molar-refractivity contribution in [1.29, 1.82) is 0 Å². The monoisotopic (exact) mass is 442 g/mol. The van der Waals surface area contributed by atoms with E-state index in [1.54, 1.807) is 48.5 Å². The standard InChI is InChI=1S/C18H14ClF3N4O2S/c1-27-28-29-13-8-4-11(5-9-13)15-14(10-2-6-12(19)7-3-10)16(26-23)25-17(24-15)18(20,21)22/h2-9H,23H2,1H3,(H,24,25,26). The molecule has 0 radical (unpaired) electrons. The lowest BCUT2D eigenvalue weighted by molar-refractivity contribution is -0.160. The third kappa shape index (κ3) is 4.98. The van der Waals surface area contributed by atoms with Crippen molar-refractivity contribution in [3.05, 3.63) is 59.4 Å². The van der Waals surface area contributed by atoms with Crippen LogP contribution >= 0.6 is 23.6 Å². The van der Waals surface area contributed by atoms with E-state index in [4.69, 9.17) is 21.8 Å². The summed E-state index contributed by atoms with van der Waals surface area (Å²) >= 11 is 6.89. The molecule has 29 heavy (non-hydrogen) atoms. The minimum absolute atomic E-state index is 0.0619. The van der Waals surface area contributed by atoms with Crippen molar-refractivity contribution >= 4 is 29.5 Å². The van der Waals surface area contributed by atoms with Gasteiger partial charge in [0.1, 0.15) is 0 Å². The quantitative estimate of drug-likeness (QED) is 0.230. The van der Waals surface area contributed by atoms with Crippen LogP contribution in [0.5, 0.6) is 0 Å². The van der Waals surface area contributed by atoms with Crippen LogP contribution in [0.4, 0.5) is 19.0 Å². The Labute approximate surface area is 173 Å². The zero-order chi connectivity index (χ0) is 21.0. The number of benzene rings is 2. The summed E-state index contributed by atoms with van der Waals surface area (Å²) in [6, 6.07) is 13.1. The number of hydrazine groups is 1. The van der Waals surface area contributed by atoms with Crippen LogP contribution in [0.2, 0.25) is 5.02 Å². The third-order valence-electron chi connectivity index (χ3n) is 3.76. The van der Waals surface area contributed by atoms with Crippen LogP contribution in [0.3, 0.4) is 0 Å². The van der Waals surface area contributed by atoms with Crippen molar-refractivity contribution < 1.29 is 22.4 Å². The van der Waals surface area contributed by atoms with Gasteiger partial charge in [0.05, 0.1) is 30.4 Å². The Hall–Kier alpha value is -2.37. The van der Waals surface area contributed by atoms with Gasteiger partial charge in [-0.2, -0.15) is 17.5 Å². The van der Waals surface area contributed by atoms with Gasteiger partial charge < -0.3 is 5.43 Å². The fourth-order valence-corrected chi connectivity index (χ4v) is 3.05. The molecule has 0 amide bonds. The number of nitrogens with two attached hydrogens (primary N) is 1. The van der Waals surface area contributed by atoms with E-state index in [2.05, 4.69) is 20.3 Å². The summed E-state index contributed by atoms with van der Waals surface area (Å²) in [7, 11) is 1.36. The summed E-state index contributed by atoms with van der Waals surface area (Å²) in [4.78, 5) is 12.5. The summed E-state index contributed by atoms with van der Waals surface area (Å²) in [5, 5.41) is 0.477. The highest BCUT2D eigenvalue weighted by atomic mass is 35.5. The number of nitrogens with zero attached hydrogens (tertiary/aromatic N) is 2. The number of halogens is 4. The number of anilines is 1. The van der Waals surface area contributed by atoms with Crippen LogP contribution in [0.15, 0.2) is 53.4 Å². The molecule has 11 heteroatoms. The topological polar surface area (TPSA) is 82.3 Å². The second kappa shape index (κ2) is 8.97. The number of hydrogen-bond donors (Lipinski definition) is 2. The van der Waals surface area contributed by atoms with Gasteiger partial charge in [-0.3, -0.25) is 0 Å². The lowest BCUT2D eigenvalue weighted by atomic mass is 9.99.